The Balaban J connectivity index is 4.66. The molecule has 0 heterocycles. The van der Waals surface area contributed by atoms with Crippen LogP contribution in [0.4, 0.5) is 52.7 Å². The van der Waals surface area contributed by atoms with Crippen molar-refractivity contribution >= 4 is 30.4 Å². The number of rotatable bonds is 8. The van der Waals surface area contributed by atoms with Crippen LogP contribution in [0.15, 0.2) is 18.2 Å². The standard InChI is InChI=1S/C15H12F12O9S3/c1-37(28,29)34-9-5-4-7(10(12(16,17)18,13(19,20)21)35-38(2,30)31)6-8(9)11(14(22,23)24,15(25,26)27)36-39(3,32)33/h4-6H,1-3H3. The Labute approximate surface area is 211 Å². The third kappa shape index (κ3) is 7.18. The second-order valence-corrected chi connectivity index (χ2v) is 12.2. The molecule has 0 aliphatic heterocycles. The van der Waals surface area contributed by atoms with Gasteiger partial charge in [0.15, 0.2) is 0 Å². The van der Waals surface area contributed by atoms with E-state index in [1.165, 1.54) is 0 Å². The highest BCUT2D eigenvalue weighted by molar-refractivity contribution is 7.86. The van der Waals surface area contributed by atoms with Gasteiger partial charge in [-0.2, -0.15) is 77.9 Å². The molecule has 0 spiro atoms. The monoisotopic (exact) mass is 660 g/mol. The van der Waals surface area contributed by atoms with Crippen LogP contribution in [0, 0.1) is 0 Å². The quantitative estimate of drug-likeness (QED) is 0.303. The van der Waals surface area contributed by atoms with Gasteiger partial charge in [-0.3, -0.25) is 0 Å². The Bertz CT molecular complexity index is 1380. The Hall–Kier alpha value is -2.05. The van der Waals surface area contributed by atoms with Gasteiger partial charge in [0.1, 0.15) is 5.75 Å². The first kappa shape index (κ1) is 35.0. The summed E-state index contributed by atoms with van der Waals surface area (Å²) < 4.78 is 246. The van der Waals surface area contributed by atoms with Gasteiger partial charge in [0.2, 0.25) is 0 Å². The molecule has 0 amide bonds. The van der Waals surface area contributed by atoms with Gasteiger partial charge in [-0.05, 0) is 12.1 Å². The highest BCUT2D eigenvalue weighted by atomic mass is 32.2. The van der Waals surface area contributed by atoms with E-state index in [-0.39, 0.29) is 12.5 Å². The number of hydrogen-bond acceptors (Lipinski definition) is 9. The molecule has 0 saturated carbocycles. The first-order valence-corrected chi connectivity index (χ1v) is 14.3. The van der Waals surface area contributed by atoms with Crippen molar-refractivity contribution in [3.63, 3.8) is 0 Å². The van der Waals surface area contributed by atoms with Gasteiger partial charge in [0.25, 0.3) is 20.2 Å². The van der Waals surface area contributed by atoms with Crippen LogP contribution in [0.3, 0.4) is 0 Å². The van der Waals surface area contributed by atoms with Crippen molar-refractivity contribution in [3.8, 4) is 5.75 Å². The molecule has 228 valence electrons. The maximum Gasteiger partial charge on any atom is 0.432 e. The van der Waals surface area contributed by atoms with Crippen molar-refractivity contribution in [3.05, 3.63) is 29.3 Å². The molecule has 0 aliphatic carbocycles. The molecule has 0 fully saturated rings. The molecule has 0 bridgehead atoms. The molecule has 1 aromatic carbocycles. The van der Waals surface area contributed by atoms with Crippen molar-refractivity contribution in [1.82, 2.24) is 0 Å². The Morgan fingerprint density at radius 1 is 0.538 bits per heavy atom. The van der Waals surface area contributed by atoms with Crippen LogP contribution >= 0.6 is 0 Å². The van der Waals surface area contributed by atoms with E-state index in [1.54, 1.807) is 0 Å². The van der Waals surface area contributed by atoms with E-state index in [0.717, 1.165) is 0 Å². The zero-order valence-electron chi connectivity index (χ0n) is 18.7. The van der Waals surface area contributed by atoms with Crippen molar-refractivity contribution in [1.29, 1.82) is 0 Å². The molecule has 0 saturated heterocycles. The maximum absolute atomic E-state index is 14.0. The van der Waals surface area contributed by atoms with Gasteiger partial charge in [0, 0.05) is 11.1 Å². The molecule has 9 nitrogen and oxygen atoms in total. The van der Waals surface area contributed by atoms with Crippen molar-refractivity contribution < 1.29 is 90.5 Å². The van der Waals surface area contributed by atoms with E-state index < -0.39 is 108 Å². The van der Waals surface area contributed by atoms with Gasteiger partial charge in [-0.25, -0.2) is 8.37 Å². The molecule has 0 aromatic heterocycles. The Morgan fingerprint density at radius 3 is 1.15 bits per heavy atom. The molecular weight excluding hydrogens is 648 g/mol. The number of alkyl halides is 12. The van der Waals surface area contributed by atoms with Crippen LogP contribution in [0.1, 0.15) is 11.1 Å². The molecule has 24 heteroatoms. The molecule has 1 rings (SSSR count). The van der Waals surface area contributed by atoms with E-state index in [2.05, 4.69) is 12.5 Å². The average Bonchev–Trinajstić information content (AvgIpc) is 2.58. The van der Waals surface area contributed by atoms with E-state index in [4.69, 9.17) is 0 Å². The fourth-order valence-corrected chi connectivity index (χ4v) is 4.89. The van der Waals surface area contributed by atoms with Gasteiger partial charge < -0.3 is 4.18 Å². The van der Waals surface area contributed by atoms with Crippen molar-refractivity contribution in [2.75, 3.05) is 18.8 Å². The molecule has 1 aromatic rings. The predicted octanol–water partition coefficient (Wildman–Crippen LogP) is 3.62. The summed E-state index contributed by atoms with van der Waals surface area (Å²) in [6.07, 6.45) is -29.2. The molecule has 0 unspecified atom stereocenters. The summed E-state index contributed by atoms with van der Waals surface area (Å²) in [6.45, 7) is 0. The second kappa shape index (κ2) is 9.80. The van der Waals surface area contributed by atoms with Crippen molar-refractivity contribution in [2.24, 2.45) is 0 Å². The number of benzene rings is 1. The van der Waals surface area contributed by atoms with Crippen LogP contribution in [0.5, 0.6) is 5.75 Å². The van der Waals surface area contributed by atoms with Crippen molar-refractivity contribution in [2.45, 2.75) is 35.9 Å². The predicted molar refractivity (Wildman–Crippen MR) is 101 cm³/mol. The van der Waals surface area contributed by atoms with E-state index in [0.29, 0.717) is 0 Å². The third-order valence-corrected chi connectivity index (χ3v) is 5.74. The summed E-state index contributed by atoms with van der Waals surface area (Å²) in [4.78, 5) is 0. The minimum atomic E-state index is -7.14. The van der Waals surface area contributed by atoms with E-state index in [9.17, 15) is 77.9 Å². The summed E-state index contributed by atoms with van der Waals surface area (Å²) >= 11 is 0. The number of hydrogen-bond donors (Lipinski definition) is 0. The summed E-state index contributed by atoms with van der Waals surface area (Å²) in [6, 6.07) is -2.52. The first-order chi connectivity index (χ1) is 16.7. The Kier molecular flexibility index (Phi) is 8.79. The lowest BCUT2D eigenvalue weighted by Crippen LogP contribution is -2.58. The lowest BCUT2D eigenvalue weighted by atomic mass is 9.85. The normalized spacial score (nSPS) is 15.4. The zero-order valence-corrected chi connectivity index (χ0v) is 21.1. The second-order valence-electron chi connectivity index (χ2n) is 7.43. The fourth-order valence-electron chi connectivity index (χ4n) is 2.95. The molecule has 0 radical (unpaired) electrons. The SMILES string of the molecule is CS(=O)(=O)Oc1ccc(C(OS(C)(=O)=O)(C(F)(F)F)C(F)(F)F)cc1C(OS(C)(=O)=O)(C(F)(F)F)C(F)(F)F. The summed E-state index contributed by atoms with van der Waals surface area (Å²) in [5, 5.41) is 0. The zero-order chi connectivity index (χ0) is 31.5. The van der Waals surface area contributed by atoms with Crippen LogP contribution in [0.25, 0.3) is 0 Å². The van der Waals surface area contributed by atoms with Gasteiger partial charge in [-0.1, -0.05) is 6.07 Å². The number of halogens is 12. The van der Waals surface area contributed by atoms with Gasteiger partial charge in [0.05, 0.1) is 18.8 Å². The van der Waals surface area contributed by atoms with E-state index >= 15 is 0 Å². The van der Waals surface area contributed by atoms with Gasteiger partial charge >= 0.3 is 46.0 Å². The highest BCUT2D eigenvalue weighted by Crippen LogP contribution is 2.59. The topological polar surface area (TPSA) is 130 Å². The fraction of sp³-hybridized carbons (Fsp3) is 0.600. The minimum Gasteiger partial charge on any atom is -0.382 e. The van der Waals surface area contributed by atoms with Crippen LogP contribution in [0.2, 0.25) is 0 Å². The van der Waals surface area contributed by atoms with Gasteiger partial charge in [-0.15, -0.1) is 0 Å². The summed E-state index contributed by atoms with van der Waals surface area (Å²) in [7, 11) is -17.2. The minimum absolute atomic E-state index is 0.0343. The first-order valence-electron chi connectivity index (χ1n) is 8.84. The highest BCUT2D eigenvalue weighted by Gasteiger charge is 2.78. The third-order valence-electron chi connectivity index (χ3n) is 4.16. The largest absolute Gasteiger partial charge is 0.432 e. The lowest BCUT2D eigenvalue weighted by molar-refractivity contribution is -0.366. The maximum atomic E-state index is 14.0. The average molecular weight is 660 g/mol. The molecule has 0 atom stereocenters. The molecule has 0 aliphatic rings. The van der Waals surface area contributed by atoms with Crippen LogP contribution in [-0.2, 0) is 49.9 Å². The van der Waals surface area contributed by atoms with Crippen LogP contribution in [-0.4, -0.2) is 68.7 Å². The van der Waals surface area contributed by atoms with Crippen LogP contribution < -0.4 is 4.18 Å². The van der Waals surface area contributed by atoms with E-state index in [1.807, 2.05) is 0 Å². The smallest absolute Gasteiger partial charge is 0.382 e. The Morgan fingerprint density at radius 2 is 0.872 bits per heavy atom. The lowest BCUT2D eigenvalue weighted by Gasteiger charge is -2.39. The molecule has 39 heavy (non-hydrogen) atoms. The summed E-state index contributed by atoms with van der Waals surface area (Å²) in [5.74, 6) is -2.31. The molecule has 0 N–H and O–H groups in total. The summed E-state index contributed by atoms with van der Waals surface area (Å²) in [5.41, 5.74) is -18.6. The molecular formula is C15H12F12O9S3.